The Balaban J connectivity index is 3.94. The predicted molar refractivity (Wildman–Crippen MR) is 84.4 cm³/mol. The molecule has 14 heteroatoms. The summed E-state index contributed by atoms with van der Waals surface area (Å²) in [5, 5.41) is -5.15. The van der Waals surface area contributed by atoms with Gasteiger partial charge in [-0.2, -0.15) is 17.2 Å². The van der Waals surface area contributed by atoms with Gasteiger partial charge in [0.2, 0.25) is 0 Å². The molecule has 0 aliphatic rings. The van der Waals surface area contributed by atoms with Gasteiger partial charge in [-0.3, -0.25) is 14.1 Å². The van der Waals surface area contributed by atoms with Crippen LogP contribution in [0.5, 0.6) is 0 Å². The Labute approximate surface area is 158 Å². The second-order valence-corrected chi connectivity index (χ2v) is 6.45. The third kappa shape index (κ3) is 9.36. The maximum absolute atomic E-state index is 12.8. The van der Waals surface area contributed by atoms with Crippen LogP contribution in [0.4, 0.5) is 8.78 Å². The van der Waals surface area contributed by atoms with Gasteiger partial charge in [0.25, 0.3) is 0 Å². The van der Waals surface area contributed by atoms with Crippen molar-refractivity contribution in [1.82, 2.24) is 0 Å². The summed E-state index contributed by atoms with van der Waals surface area (Å²) in [6, 6.07) is 0. The normalized spacial score (nSPS) is 11.3. The summed E-state index contributed by atoms with van der Waals surface area (Å²) in [5.41, 5.74) is 0.168. The number of halogens is 2. The number of alkyl halides is 2. The van der Waals surface area contributed by atoms with Gasteiger partial charge in [0, 0.05) is 5.57 Å². The Morgan fingerprint density at radius 3 is 1.68 bits per heavy atom. The molecule has 0 spiro atoms. The van der Waals surface area contributed by atoms with Crippen LogP contribution >= 0.6 is 0 Å². The summed E-state index contributed by atoms with van der Waals surface area (Å²) in [4.78, 5) is 44.5. The Morgan fingerprint density at radius 1 is 0.893 bits per heavy atom. The zero-order chi connectivity index (χ0) is 22.0. The van der Waals surface area contributed by atoms with Gasteiger partial charge in [0.15, 0.2) is 0 Å². The molecule has 0 rings (SSSR count). The Morgan fingerprint density at radius 2 is 1.29 bits per heavy atom. The lowest BCUT2D eigenvalue weighted by Crippen LogP contribution is -2.39. The summed E-state index contributed by atoms with van der Waals surface area (Å²) in [5.74, 6) is -4.96. The number of hydrogen-bond acceptors (Lipinski definition) is 10. The molecule has 0 aromatic heterocycles. The SMILES string of the molecule is C=C(C)C(=O)OCCOC(=O)CCC(=O)OCCOC(=O)C(F)(F)S(=O)(=O)O. The lowest BCUT2D eigenvalue weighted by Gasteiger charge is -2.12. The summed E-state index contributed by atoms with van der Waals surface area (Å²) >= 11 is 0. The standard InChI is InChI=1S/C14H18F2O11S/c1-9(2)12(19)26-7-5-24-10(17)3-4-11(18)25-6-8-27-13(20)14(15,16)28(21,22)23/h1,3-8H2,2H3,(H,21,22,23). The highest BCUT2D eigenvalue weighted by Gasteiger charge is 2.54. The number of rotatable bonds is 12. The van der Waals surface area contributed by atoms with Crippen LogP contribution < -0.4 is 0 Å². The van der Waals surface area contributed by atoms with Crippen molar-refractivity contribution in [2.45, 2.75) is 25.0 Å². The maximum Gasteiger partial charge on any atom is 0.465 e. The molecule has 0 amide bonds. The van der Waals surface area contributed by atoms with Gasteiger partial charge >= 0.3 is 39.2 Å². The fraction of sp³-hybridized carbons (Fsp3) is 0.571. The molecule has 0 aliphatic carbocycles. The molecule has 0 radical (unpaired) electrons. The minimum absolute atomic E-state index is 0.168. The fourth-order valence-corrected chi connectivity index (χ4v) is 1.51. The molecule has 0 fully saturated rings. The molecule has 0 saturated carbocycles. The zero-order valence-electron chi connectivity index (χ0n) is 14.6. The quantitative estimate of drug-likeness (QED) is 0.145. The lowest BCUT2D eigenvalue weighted by atomic mass is 10.3. The Bertz CT molecular complexity index is 715. The van der Waals surface area contributed by atoms with Crippen LogP contribution in [0.3, 0.4) is 0 Å². The molecule has 0 unspecified atom stereocenters. The molecule has 160 valence electrons. The van der Waals surface area contributed by atoms with Crippen LogP contribution in [0.1, 0.15) is 19.8 Å². The van der Waals surface area contributed by atoms with E-state index in [4.69, 9.17) is 4.55 Å². The van der Waals surface area contributed by atoms with Crippen molar-refractivity contribution in [2.75, 3.05) is 26.4 Å². The summed E-state index contributed by atoms with van der Waals surface area (Å²) < 4.78 is 72.1. The van der Waals surface area contributed by atoms with Crippen molar-refractivity contribution in [3.63, 3.8) is 0 Å². The van der Waals surface area contributed by atoms with Gasteiger partial charge in [-0.05, 0) is 6.92 Å². The highest BCUT2D eigenvalue weighted by Crippen LogP contribution is 2.21. The van der Waals surface area contributed by atoms with Crippen molar-refractivity contribution < 1.29 is 59.9 Å². The molecule has 0 atom stereocenters. The van der Waals surface area contributed by atoms with Crippen molar-refractivity contribution in [2.24, 2.45) is 0 Å². The average molecular weight is 432 g/mol. The molecule has 0 aromatic carbocycles. The first-order chi connectivity index (χ1) is 12.8. The number of esters is 4. The van der Waals surface area contributed by atoms with E-state index in [-0.39, 0.29) is 18.8 Å². The van der Waals surface area contributed by atoms with Crippen LogP contribution in [0.15, 0.2) is 12.2 Å². The summed E-state index contributed by atoms with van der Waals surface area (Å²) in [6.45, 7) is 2.72. The Hall–Kier alpha value is -2.61. The molecular weight excluding hydrogens is 414 g/mol. The van der Waals surface area contributed by atoms with Crippen molar-refractivity contribution in [3.05, 3.63) is 12.2 Å². The molecular formula is C14H18F2O11S. The predicted octanol–water partition coefficient (Wildman–Crippen LogP) is -0.00390. The van der Waals surface area contributed by atoms with Crippen molar-refractivity contribution >= 4 is 34.0 Å². The van der Waals surface area contributed by atoms with Gasteiger partial charge in [0.05, 0.1) is 12.8 Å². The largest absolute Gasteiger partial charge is 0.465 e. The Kier molecular flexibility index (Phi) is 10.2. The third-order valence-electron chi connectivity index (χ3n) is 2.60. The number of ether oxygens (including phenoxy) is 4. The van der Waals surface area contributed by atoms with E-state index in [0.717, 1.165) is 0 Å². The van der Waals surface area contributed by atoms with E-state index in [1.54, 1.807) is 0 Å². The fourth-order valence-electron chi connectivity index (χ4n) is 1.24. The van der Waals surface area contributed by atoms with E-state index < -0.39 is 65.3 Å². The summed E-state index contributed by atoms with van der Waals surface area (Å²) in [7, 11) is -5.99. The first kappa shape index (κ1) is 25.4. The smallest absolute Gasteiger partial charge is 0.462 e. The maximum atomic E-state index is 12.8. The third-order valence-corrected chi connectivity index (χ3v) is 3.42. The lowest BCUT2D eigenvalue weighted by molar-refractivity contribution is -0.165. The van der Waals surface area contributed by atoms with Gasteiger partial charge < -0.3 is 18.9 Å². The first-order valence-electron chi connectivity index (χ1n) is 7.45. The van der Waals surface area contributed by atoms with Gasteiger partial charge in [-0.25, -0.2) is 9.59 Å². The molecule has 0 bridgehead atoms. The molecule has 0 heterocycles. The number of hydrogen-bond donors (Lipinski definition) is 1. The van der Waals surface area contributed by atoms with Gasteiger partial charge in [-0.15, -0.1) is 0 Å². The van der Waals surface area contributed by atoms with E-state index in [1.807, 2.05) is 0 Å². The molecule has 28 heavy (non-hydrogen) atoms. The molecule has 0 aromatic rings. The monoisotopic (exact) mass is 432 g/mol. The van der Waals surface area contributed by atoms with E-state index in [9.17, 15) is 36.4 Å². The van der Waals surface area contributed by atoms with Gasteiger partial charge in [-0.1, -0.05) is 6.58 Å². The second-order valence-electron chi connectivity index (χ2n) is 4.98. The minimum Gasteiger partial charge on any atom is -0.462 e. The molecule has 0 saturated heterocycles. The van der Waals surface area contributed by atoms with Crippen molar-refractivity contribution in [1.29, 1.82) is 0 Å². The minimum atomic E-state index is -5.99. The van der Waals surface area contributed by atoms with E-state index in [1.165, 1.54) is 6.92 Å². The van der Waals surface area contributed by atoms with Crippen LogP contribution in [-0.4, -0.2) is 68.5 Å². The summed E-state index contributed by atoms with van der Waals surface area (Å²) in [6.07, 6.45) is -0.840. The van der Waals surface area contributed by atoms with Crippen LogP contribution in [0.2, 0.25) is 0 Å². The highest BCUT2D eigenvalue weighted by atomic mass is 32.2. The van der Waals surface area contributed by atoms with E-state index in [2.05, 4.69) is 25.5 Å². The van der Waals surface area contributed by atoms with E-state index >= 15 is 0 Å². The van der Waals surface area contributed by atoms with Crippen molar-refractivity contribution in [3.8, 4) is 0 Å². The van der Waals surface area contributed by atoms with Crippen LogP contribution in [-0.2, 0) is 48.2 Å². The van der Waals surface area contributed by atoms with Gasteiger partial charge in [0.1, 0.15) is 26.4 Å². The first-order valence-corrected chi connectivity index (χ1v) is 8.89. The van der Waals surface area contributed by atoms with Crippen LogP contribution in [0, 0.1) is 0 Å². The topological polar surface area (TPSA) is 160 Å². The molecule has 1 N–H and O–H groups in total. The average Bonchev–Trinajstić information content (AvgIpc) is 2.58. The van der Waals surface area contributed by atoms with Crippen LogP contribution in [0.25, 0.3) is 0 Å². The highest BCUT2D eigenvalue weighted by molar-refractivity contribution is 7.87. The molecule has 11 nitrogen and oxygen atoms in total. The van der Waals surface area contributed by atoms with E-state index in [0.29, 0.717) is 0 Å². The second kappa shape index (κ2) is 11.3. The number of carbonyl (C=O) groups excluding carboxylic acids is 4. The zero-order valence-corrected chi connectivity index (χ0v) is 15.5. The molecule has 0 aliphatic heterocycles. The number of carbonyl (C=O) groups is 4.